The van der Waals surface area contributed by atoms with Crippen LogP contribution in [0, 0.1) is 11.3 Å². The minimum Gasteiger partial charge on any atom is -0.465 e. The quantitative estimate of drug-likeness (QED) is 0.644. The molecule has 16 heavy (non-hydrogen) atoms. The molecule has 1 aliphatic carbocycles. The molecule has 94 valence electrons. The molecule has 1 saturated carbocycles. The molecule has 0 aromatic heterocycles. The Morgan fingerprint density at radius 3 is 2.50 bits per heavy atom. The summed E-state index contributed by atoms with van der Waals surface area (Å²) in [6.45, 7) is 6.14. The maximum atomic E-state index is 10.8. The van der Waals surface area contributed by atoms with Crippen LogP contribution in [0.2, 0.25) is 0 Å². The highest BCUT2D eigenvalue weighted by atomic mass is 16.6. The number of carbonyl (C=O) groups is 1. The largest absolute Gasteiger partial charge is 0.465 e. The summed E-state index contributed by atoms with van der Waals surface area (Å²) in [5.74, 6) is 5.48. The van der Waals surface area contributed by atoms with Crippen molar-refractivity contribution in [2.24, 2.45) is 17.2 Å². The second-order valence-electron chi connectivity index (χ2n) is 5.62. The Morgan fingerprint density at radius 2 is 2.12 bits per heavy atom. The number of rotatable bonds is 3. The van der Waals surface area contributed by atoms with Crippen molar-refractivity contribution in [3.05, 3.63) is 0 Å². The van der Waals surface area contributed by atoms with Crippen molar-refractivity contribution < 1.29 is 14.7 Å². The van der Waals surface area contributed by atoms with Crippen LogP contribution in [0.25, 0.3) is 0 Å². The molecular weight excluding hydrogens is 208 g/mol. The molecule has 0 saturated heterocycles. The van der Waals surface area contributed by atoms with Gasteiger partial charge in [-0.05, 0) is 30.6 Å². The molecule has 5 nitrogen and oxygen atoms in total. The predicted molar refractivity (Wildman–Crippen MR) is 60.8 cm³/mol. The van der Waals surface area contributed by atoms with E-state index in [2.05, 4.69) is 5.32 Å². The highest BCUT2D eigenvalue weighted by molar-refractivity contribution is 5.65. The number of nitrogens with one attached hydrogen (secondary N) is 1. The minimum atomic E-state index is -0.961. The fraction of sp³-hybridized carbons (Fsp3) is 0.909. The molecule has 0 bridgehead atoms. The lowest BCUT2D eigenvalue weighted by molar-refractivity contribution is 0.0514. The summed E-state index contributed by atoms with van der Waals surface area (Å²) in [5.41, 5.74) is -0.0907. The van der Waals surface area contributed by atoms with Crippen molar-refractivity contribution in [2.75, 3.05) is 0 Å². The molecular formula is C11H22N2O3. The van der Waals surface area contributed by atoms with Gasteiger partial charge in [0.25, 0.3) is 0 Å². The maximum Gasteiger partial charge on any atom is 0.404 e. The molecule has 0 aliphatic heterocycles. The Labute approximate surface area is 96.3 Å². The molecule has 1 fully saturated rings. The standard InChI is InChI=1S/C11H22N2O3/c1-11(2,3)9(13-10(14)15)7-4-5-8(6-7)16-12/h7-9,13H,4-6,12H2,1-3H3,(H,14,15). The summed E-state index contributed by atoms with van der Waals surface area (Å²) in [7, 11) is 0. The van der Waals surface area contributed by atoms with Gasteiger partial charge in [-0.1, -0.05) is 20.8 Å². The lowest BCUT2D eigenvalue weighted by Crippen LogP contribution is -2.47. The molecule has 0 aromatic rings. The Morgan fingerprint density at radius 1 is 1.50 bits per heavy atom. The second-order valence-corrected chi connectivity index (χ2v) is 5.62. The van der Waals surface area contributed by atoms with Gasteiger partial charge in [0.15, 0.2) is 0 Å². The van der Waals surface area contributed by atoms with Crippen LogP contribution in [0.1, 0.15) is 40.0 Å². The Kier molecular flexibility index (Phi) is 4.15. The fourth-order valence-electron chi connectivity index (χ4n) is 2.57. The summed E-state index contributed by atoms with van der Waals surface area (Å²) in [6.07, 6.45) is 1.82. The summed E-state index contributed by atoms with van der Waals surface area (Å²) in [4.78, 5) is 15.6. The maximum absolute atomic E-state index is 10.8. The van der Waals surface area contributed by atoms with Crippen molar-refractivity contribution in [1.29, 1.82) is 0 Å². The van der Waals surface area contributed by atoms with Crippen LogP contribution in [0.4, 0.5) is 4.79 Å². The first kappa shape index (κ1) is 13.3. The van der Waals surface area contributed by atoms with E-state index in [-0.39, 0.29) is 17.6 Å². The molecule has 1 aliphatic rings. The van der Waals surface area contributed by atoms with Crippen molar-refractivity contribution in [3.63, 3.8) is 0 Å². The van der Waals surface area contributed by atoms with E-state index in [4.69, 9.17) is 15.8 Å². The van der Waals surface area contributed by atoms with Crippen LogP contribution in [-0.2, 0) is 4.84 Å². The van der Waals surface area contributed by atoms with Crippen LogP contribution in [0.5, 0.6) is 0 Å². The zero-order chi connectivity index (χ0) is 12.3. The molecule has 0 spiro atoms. The summed E-state index contributed by atoms with van der Waals surface area (Å²) >= 11 is 0. The van der Waals surface area contributed by atoms with Gasteiger partial charge in [-0.3, -0.25) is 0 Å². The van der Waals surface area contributed by atoms with E-state index in [0.717, 1.165) is 19.3 Å². The molecule has 4 N–H and O–H groups in total. The third kappa shape index (κ3) is 3.35. The summed E-state index contributed by atoms with van der Waals surface area (Å²) < 4.78 is 0. The van der Waals surface area contributed by atoms with Crippen molar-refractivity contribution in [2.45, 2.75) is 52.2 Å². The van der Waals surface area contributed by atoms with Gasteiger partial charge in [-0.25, -0.2) is 10.7 Å². The van der Waals surface area contributed by atoms with Crippen LogP contribution in [-0.4, -0.2) is 23.3 Å². The molecule has 5 heteroatoms. The van der Waals surface area contributed by atoms with Gasteiger partial charge in [0.2, 0.25) is 0 Å². The first-order chi connectivity index (χ1) is 7.34. The van der Waals surface area contributed by atoms with Gasteiger partial charge in [-0.15, -0.1) is 0 Å². The van der Waals surface area contributed by atoms with Crippen LogP contribution < -0.4 is 11.2 Å². The van der Waals surface area contributed by atoms with E-state index >= 15 is 0 Å². The first-order valence-electron chi connectivity index (χ1n) is 5.69. The van der Waals surface area contributed by atoms with Crippen LogP contribution in [0.3, 0.4) is 0 Å². The molecule has 1 amide bonds. The molecule has 0 radical (unpaired) electrons. The van der Waals surface area contributed by atoms with Crippen molar-refractivity contribution in [3.8, 4) is 0 Å². The average Bonchev–Trinajstić information content (AvgIpc) is 2.60. The monoisotopic (exact) mass is 230 g/mol. The van der Waals surface area contributed by atoms with Gasteiger partial charge < -0.3 is 15.3 Å². The van der Waals surface area contributed by atoms with E-state index < -0.39 is 6.09 Å². The minimum absolute atomic E-state index is 0.0508. The highest BCUT2D eigenvalue weighted by Gasteiger charge is 2.38. The second kappa shape index (κ2) is 5.01. The third-order valence-electron chi connectivity index (χ3n) is 3.30. The zero-order valence-corrected chi connectivity index (χ0v) is 10.2. The third-order valence-corrected chi connectivity index (χ3v) is 3.30. The lowest BCUT2D eigenvalue weighted by atomic mass is 9.78. The smallest absolute Gasteiger partial charge is 0.404 e. The number of nitrogens with two attached hydrogens (primary N) is 1. The first-order valence-corrected chi connectivity index (χ1v) is 5.69. The zero-order valence-electron chi connectivity index (χ0n) is 10.2. The summed E-state index contributed by atoms with van der Waals surface area (Å²) in [6, 6.07) is -0.0508. The molecule has 1 rings (SSSR count). The topological polar surface area (TPSA) is 84.6 Å². The van der Waals surface area contributed by atoms with E-state index in [9.17, 15) is 4.79 Å². The highest BCUT2D eigenvalue weighted by Crippen LogP contribution is 2.36. The summed E-state index contributed by atoms with van der Waals surface area (Å²) in [5, 5.41) is 11.5. The average molecular weight is 230 g/mol. The lowest BCUT2D eigenvalue weighted by Gasteiger charge is -2.35. The van der Waals surface area contributed by atoms with Gasteiger partial charge in [0.1, 0.15) is 0 Å². The number of carboxylic acid groups (broad SMARTS) is 1. The Balaban J connectivity index is 2.67. The van der Waals surface area contributed by atoms with Gasteiger partial charge in [0.05, 0.1) is 6.10 Å². The van der Waals surface area contributed by atoms with E-state index in [1.165, 1.54) is 0 Å². The Bertz CT molecular complexity index is 250. The van der Waals surface area contributed by atoms with Gasteiger partial charge in [-0.2, -0.15) is 0 Å². The van der Waals surface area contributed by atoms with Crippen LogP contribution in [0.15, 0.2) is 0 Å². The molecule has 0 heterocycles. The molecule has 3 atom stereocenters. The van der Waals surface area contributed by atoms with Gasteiger partial charge >= 0.3 is 6.09 Å². The van der Waals surface area contributed by atoms with Crippen molar-refractivity contribution in [1.82, 2.24) is 5.32 Å². The predicted octanol–water partition coefficient (Wildman–Crippen LogP) is 1.73. The number of hydrogen-bond donors (Lipinski definition) is 3. The van der Waals surface area contributed by atoms with Crippen LogP contribution >= 0.6 is 0 Å². The molecule has 3 unspecified atom stereocenters. The van der Waals surface area contributed by atoms with E-state index in [0.29, 0.717) is 5.92 Å². The number of amides is 1. The SMILES string of the molecule is CC(C)(C)C(NC(=O)O)C1CCC(ON)C1. The van der Waals surface area contributed by atoms with E-state index in [1.54, 1.807) is 0 Å². The molecule has 0 aromatic carbocycles. The Hall–Kier alpha value is -0.810. The normalized spacial score (nSPS) is 27.8. The number of hydrogen-bond acceptors (Lipinski definition) is 3. The van der Waals surface area contributed by atoms with Crippen molar-refractivity contribution >= 4 is 6.09 Å². The van der Waals surface area contributed by atoms with Gasteiger partial charge in [0, 0.05) is 6.04 Å². The fourth-order valence-corrected chi connectivity index (χ4v) is 2.57. The van der Waals surface area contributed by atoms with E-state index in [1.807, 2.05) is 20.8 Å².